The molecule has 1 aromatic heterocycles. The van der Waals surface area contributed by atoms with Crippen LogP contribution < -0.4 is 5.73 Å². The van der Waals surface area contributed by atoms with Crippen LogP contribution in [-0.4, -0.2) is 22.8 Å². The summed E-state index contributed by atoms with van der Waals surface area (Å²) in [5.74, 6) is 0. The van der Waals surface area contributed by atoms with E-state index in [4.69, 9.17) is 5.73 Å². The molecule has 1 aromatic rings. The summed E-state index contributed by atoms with van der Waals surface area (Å²) >= 11 is 0. The fraction of sp³-hybridized carbons (Fsp3) is 0.375. The molecule has 0 radical (unpaired) electrons. The smallest absolute Gasteiger partial charge is 0.375 e. The summed E-state index contributed by atoms with van der Waals surface area (Å²) in [5, 5.41) is 9.34. The highest BCUT2D eigenvalue weighted by molar-refractivity contribution is 5.20. The number of hydrogen-bond acceptors (Lipinski definition) is 3. The van der Waals surface area contributed by atoms with E-state index in [1.807, 2.05) is 0 Å². The van der Waals surface area contributed by atoms with Gasteiger partial charge in [0.15, 0.2) is 5.60 Å². The van der Waals surface area contributed by atoms with Crippen LogP contribution in [0.25, 0.3) is 0 Å². The van der Waals surface area contributed by atoms with Crippen molar-refractivity contribution in [2.75, 3.05) is 6.54 Å². The molecule has 1 rings (SSSR count). The monoisotopic (exact) mass is 206 g/mol. The lowest BCUT2D eigenvalue weighted by Gasteiger charge is -2.28. The number of nitrogens with two attached hydrogens (primary N) is 1. The van der Waals surface area contributed by atoms with E-state index in [-0.39, 0.29) is 5.56 Å². The van der Waals surface area contributed by atoms with Gasteiger partial charge < -0.3 is 10.8 Å². The Hall–Kier alpha value is -1.14. The topological polar surface area (TPSA) is 59.1 Å². The minimum absolute atomic E-state index is 0.352. The molecule has 0 aromatic carbocycles. The van der Waals surface area contributed by atoms with Gasteiger partial charge in [0.25, 0.3) is 0 Å². The van der Waals surface area contributed by atoms with Crippen LogP contribution in [0.15, 0.2) is 24.5 Å². The summed E-state index contributed by atoms with van der Waals surface area (Å²) in [7, 11) is 0. The molecular formula is C8H9F3N2O. The Labute approximate surface area is 78.4 Å². The summed E-state index contributed by atoms with van der Waals surface area (Å²) in [4.78, 5) is 3.50. The Bertz CT molecular complexity index is 301. The van der Waals surface area contributed by atoms with Gasteiger partial charge >= 0.3 is 6.18 Å². The van der Waals surface area contributed by atoms with Gasteiger partial charge in [0, 0.05) is 24.5 Å². The summed E-state index contributed by atoms with van der Waals surface area (Å²) in [6.07, 6.45) is -2.54. The zero-order valence-electron chi connectivity index (χ0n) is 7.12. The van der Waals surface area contributed by atoms with Crippen molar-refractivity contribution in [2.24, 2.45) is 5.73 Å². The molecule has 0 aliphatic carbocycles. The molecule has 1 heterocycles. The van der Waals surface area contributed by atoms with Crippen LogP contribution in [0.1, 0.15) is 5.56 Å². The normalized spacial score (nSPS) is 16.4. The van der Waals surface area contributed by atoms with Crippen molar-refractivity contribution in [3.05, 3.63) is 30.1 Å². The second kappa shape index (κ2) is 3.55. The largest absolute Gasteiger partial charge is 0.422 e. The number of alkyl halides is 3. The maximum absolute atomic E-state index is 12.4. The van der Waals surface area contributed by atoms with Gasteiger partial charge in [-0.25, -0.2) is 0 Å². The summed E-state index contributed by atoms with van der Waals surface area (Å²) < 4.78 is 37.3. The van der Waals surface area contributed by atoms with Gasteiger partial charge in [-0.2, -0.15) is 13.2 Å². The third-order valence-electron chi connectivity index (χ3n) is 1.90. The van der Waals surface area contributed by atoms with Crippen LogP contribution >= 0.6 is 0 Å². The van der Waals surface area contributed by atoms with Crippen LogP contribution in [0.5, 0.6) is 0 Å². The van der Waals surface area contributed by atoms with Gasteiger partial charge in [-0.15, -0.1) is 0 Å². The van der Waals surface area contributed by atoms with E-state index < -0.39 is 18.3 Å². The van der Waals surface area contributed by atoms with Crippen LogP contribution in [0, 0.1) is 0 Å². The molecule has 1 atom stereocenters. The third kappa shape index (κ3) is 1.71. The Kier molecular flexibility index (Phi) is 2.77. The molecule has 3 N–H and O–H groups in total. The van der Waals surface area contributed by atoms with Gasteiger partial charge in [-0.3, -0.25) is 4.98 Å². The standard InChI is InChI=1S/C8H9F3N2O/c9-8(10,11)7(14,5-12)6-2-1-3-13-4-6/h1-4,14H,5,12H2. The van der Waals surface area contributed by atoms with Crippen LogP contribution in [-0.2, 0) is 5.60 Å². The van der Waals surface area contributed by atoms with Gasteiger partial charge in [0.1, 0.15) is 0 Å². The van der Waals surface area contributed by atoms with Crippen molar-refractivity contribution >= 4 is 0 Å². The molecule has 3 nitrogen and oxygen atoms in total. The lowest BCUT2D eigenvalue weighted by molar-refractivity contribution is -0.262. The summed E-state index contributed by atoms with van der Waals surface area (Å²) in [5.41, 5.74) is 1.56. The first-order valence-corrected chi connectivity index (χ1v) is 3.81. The first-order valence-electron chi connectivity index (χ1n) is 3.81. The third-order valence-corrected chi connectivity index (χ3v) is 1.90. The van der Waals surface area contributed by atoms with E-state index in [0.29, 0.717) is 0 Å². The number of pyridine rings is 1. The molecule has 0 saturated carbocycles. The molecule has 0 saturated heterocycles. The minimum atomic E-state index is -4.80. The highest BCUT2D eigenvalue weighted by Gasteiger charge is 2.54. The quantitative estimate of drug-likeness (QED) is 0.752. The molecule has 0 aliphatic rings. The number of halogens is 3. The molecule has 78 valence electrons. The molecule has 6 heteroatoms. The highest BCUT2D eigenvalue weighted by atomic mass is 19.4. The molecule has 0 bridgehead atoms. The summed E-state index contributed by atoms with van der Waals surface area (Å²) in [6, 6.07) is 2.44. The molecule has 0 fully saturated rings. The second-order valence-electron chi connectivity index (χ2n) is 2.80. The number of hydrogen-bond donors (Lipinski definition) is 2. The van der Waals surface area contributed by atoms with Crippen molar-refractivity contribution in [1.29, 1.82) is 0 Å². The molecule has 14 heavy (non-hydrogen) atoms. The lowest BCUT2D eigenvalue weighted by Crippen LogP contribution is -2.48. The van der Waals surface area contributed by atoms with Crippen LogP contribution in [0.2, 0.25) is 0 Å². The second-order valence-corrected chi connectivity index (χ2v) is 2.80. The lowest BCUT2D eigenvalue weighted by atomic mass is 9.95. The summed E-state index contributed by atoms with van der Waals surface area (Å²) in [6.45, 7) is -0.928. The van der Waals surface area contributed by atoms with E-state index in [1.54, 1.807) is 0 Å². The van der Waals surface area contributed by atoms with Crippen molar-refractivity contribution in [2.45, 2.75) is 11.8 Å². The van der Waals surface area contributed by atoms with E-state index in [1.165, 1.54) is 12.3 Å². The van der Waals surface area contributed by atoms with Crippen LogP contribution in [0.4, 0.5) is 13.2 Å². The maximum atomic E-state index is 12.4. The van der Waals surface area contributed by atoms with Crippen molar-refractivity contribution in [3.8, 4) is 0 Å². The Balaban J connectivity index is 3.15. The Morgan fingerprint density at radius 3 is 2.43 bits per heavy atom. The number of rotatable bonds is 2. The maximum Gasteiger partial charge on any atom is 0.422 e. The number of aromatic nitrogens is 1. The zero-order valence-corrected chi connectivity index (χ0v) is 7.12. The van der Waals surface area contributed by atoms with E-state index in [0.717, 1.165) is 12.3 Å². The molecule has 0 spiro atoms. The first-order chi connectivity index (χ1) is 6.42. The highest BCUT2D eigenvalue weighted by Crippen LogP contribution is 2.37. The fourth-order valence-corrected chi connectivity index (χ4v) is 1.00. The van der Waals surface area contributed by atoms with Crippen molar-refractivity contribution in [3.63, 3.8) is 0 Å². The predicted octanol–water partition coefficient (Wildman–Crippen LogP) is 0.790. The van der Waals surface area contributed by atoms with E-state index in [2.05, 4.69) is 4.98 Å². The van der Waals surface area contributed by atoms with E-state index >= 15 is 0 Å². The average molecular weight is 206 g/mol. The average Bonchev–Trinajstić information content (AvgIpc) is 2.16. The molecule has 0 aliphatic heterocycles. The van der Waals surface area contributed by atoms with Crippen molar-refractivity contribution < 1.29 is 18.3 Å². The van der Waals surface area contributed by atoms with E-state index in [9.17, 15) is 18.3 Å². The zero-order chi connectivity index (χ0) is 10.8. The molecular weight excluding hydrogens is 197 g/mol. The number of nitrogens with zero attached hydrogens (tertiary/aromatic N) is 1. The van der Waals surface area contributed by atoms with Crippen LogP contribution in [0.3, 0.4) is 0 Å². The van der Waals surface area contributed by atoms with Gasteiger partial charge in [-0.05, 0) is 6.07 Å². The predicted molar refractivity (Wildman–Crippen MR) is 43.2 cm³/mol. The Morgan fingerprint density at radius 1 is 1.43 bits per heavy atom. The first kappa shape index (κ1) is 10.9. The van der Waals surface area contributed by atoms with Gasteiger partial charge in [-0.1, -0.05) is 6.07 Å². The van der Waals surface area contributed by atoms with Crippen molar-refractivity contribution in [1.82, 2.24) is 4.98 Å². The molecule has 1 unspecified atom stereocenters. The minimum Gasteiger partial charge on any atom is -0.375 e. The fourth-order valence-electron chi connectivity index (χ4n) is 1.00. The molecule has 0 amide bonds. The van der Waals surface area contributed by atoms with Gasteiger partial charge in [0.2, 0.25) is 0 Å². The van der Waals surface area contributed by atoms with Gasteiger partial charge in [0.05, 0.1) is 0 Å². The Morgan fingerprint density at radius 2 is 2.07 bits per heavy atom. The SMILES string of the molecule is NCC(O)(c1cccnc1)C(F)(F)F. The number of aliphatic hydroxyl groups is 1.